The third kappa shape index (κ3) is 7.02. The van der Waals surface area contributed by atoms with Crippen LogP contribution in [0.25, 0.3) is 0 Å². The zero-order valence-electron chi connectivity index (χ0n) is 19.3. The summed E-state index contributed by atoms with van der Waals surface area (Å²) in [4.78, 5) is 15.1. The molecular weight excluding hydrogens is 410 g/mol. The molecule has 3 rings (SSSR count). The van der Waals surface area contributed by atoms with Crippen LogP contribution in [0.1, 0.15) is 50.7 Å². The molecule has 2 saturated heterocycles. The molecule has 6 nitrogen and oxygen atoms in total. The average molecular weight is 450 g/mol. The first-order valence-electron chi connectivity index (χ1n) is 11.8. The van der Waals surface area contributed by atoms with Crippen molar-refractivity contribution >= 4 is 15.9 Å². The van der Waals surface area contributed by atoms with E-state index in [4.69, 9.17) is 0 Å². The van der Waals surface area contributed by atoms with E-state index in [0.717, 1.165) is 49.0 Å². The van der Waals surface area contributed by atoms with Crippen molar-refractivity contribution in [3.8, 4) is 0 Å². The number of rotatable bonds is 8. The molecule has 1 N–H and O–H groups in total. The molecule has 2 fully saturated rings. The highest BCUT2D eigenvalue weighted by Gasteiger charge is 2.31. The van der Waals surface area contributed by atoms with E-state index in [0.29, 0.717) is 32.5 Å². The number of carbonyl (C=O) groups excluding carboxylic acids is 1. The van der Waals surface area contributed by atoms with Crippen molar-refractivity contribution in [2.24, 2.45) is 17.8 Å². The van der Waals surface area contributed by atoms with Crippen molar-refractivity contribution in [3.63, 3.8) is 0 Å². The highest BCUT2D eigenvalue weighted by Crippen LogP contribution is 2.23. The second kappa shape index (κ2) is 10.9. The van der Waals surface area contributed by atoms with Gasteiger partial charge in [0.2, 0.25) is 15.9 Å². The quantitative estimate of drug-likeness (QED) is 0.620. The van der Waals surface area contributed by atoms with Crippen LogP contribution >= 0.6 is 0 Å². The standard InChI is InChI=1S/C24H39N3O3S/c1-19-15-20(2)17-26(16-19)12-6-11-25-24(28)22-9-13-27(14-10-22)31(29,30)18-23-8-5-4-7-21(23)3/h4-5,7-8,19-20,22H,6,9-18H2,1-3H3,(H,25,28)/t19-,20-/m1/s1. The van der Waals surface area contributed by atoms with E-state index < -0.39 is 10.0 Å². The molecule has 0 aliphatic carbocycles. The molecule has 1 aromatic rings. The second-order valence-corrected chi connectivity index (χ2v) is 11.7. The largest absolute Gasteiger partial charge is 0.356 e. The van der Waals surface area contributed by atoms with E-state index in [2.05, 4.69) is 24.1 Å². The summed E-state index contributed by atoms with van der Waals surface area (Å²) in [7, 11) is -3.35. The molecule has 0 bridgehead atoms. The van der Waals surface area contributed by atoms with Crippen LogP contribution in [-0.4, -0.2) is 62.8 Å². The molecule has 7 heteroatoms. The van der Waals surface area contributed by atoms with E-state index in [1.807, 2.05) is 31.2 Å². The number of nitrogens with one attached hydrogen (secondary N) is 1. The van der Waals surface area contributed by atoms with E-state index >= 15 is 0 Å². The van der Waals surface area contributed by atoms with Crippen molar-refractivity contribution in [1.29, 1.82) is 0 Å². The highest BCUT2D eigenvalue weighted by atomic mass is 32.2. The summed E-state index contributed by atoms with van der Waals surface area (Å²) in [6, 6.07) is 7.61. The monoisotopic (exact) mass is 449 g/mol. The normalized spacial score (nSPS) is 24.2. The first-order valence-corrected chi connectivity index (χ1v) is 13.4. The van der Waals surface area contributed by atoms with Crippen molar-refractivity contribution in [2.75, 3.05) is 39.3 Å². The smallest absolute Gasteiger partial charge is 0.223 e. The Hall–Kier alpha value is -1.44. The van der Waals surface area contributed by atoms with Gasteiger partial charge in [-0.2, -0.15) is 0 Å². The number of piperidine rings is 2. The van der Waals surface area contributed by atoms with Gasteiger partial charge in [0.15, 0.2) is 0 Å². The molecule has 0 unspecified atom stereocenters. The van der Waals surface area contributed by atoms with Gasteiger partial charge < -0.3 is 10.2 Å². The summed E-state index contributed by atoms with van der Waals surface area (Å²) in [6.45, 7) is 11.5. The maximum absolute atomic E-state index is 12.8. The van der Waals surface area contributed by atoms with Crippen molar-refractivity contribution in [3.05, 3.63) is 35.4 Å². The highest BCUT2D eigenvalue weighted by molar-refractivity contribution is 7.88. The summed E-state index contributed by atoms with van der Waals surface area (Å²) >= 11 is 0. The summed E-state index contributed by atoms with van der Waals surface area (Å²) < 4.78 is 27.2. The van der Waals surface area contributed by atoms with Crippen molar-refractivity contribution in [1.82, 2.24) is 14.5 Å². The van der Waals surface area contributed by atoms with Crippen LogP contribution < -0.4 is 5.32 Å². The number of amides is 1. The molecule has 2 aliphatic heterocycles. The summed E-state index contributed by atoms with van der Waals surface area (Å²) in [5.74, 6) is 1.54. The van der Waals surface area contributed by atoms with Crippen LogP contribution in [0.2, 0.25) is 0 Å². The van der Waals surface area contributed by atoms with Crippen LogP contribution in [0.4, 0.5) is 0 Å². The molecule has 0 aromatic heterocycles. The van der Waals surface area contributed by atoms with Crippen molar-refractivity contribution < 1.29 is 13.2 Å². The molecule has 1 amide bonds. The second-order valence-electron chi connectivity index (χ2n) is 9.71. The topological polar surface area (TPSA) is 69.7 Å². The first-order chi connectivity index (χ1) is 14.7. The maximum atomic E-state index is 12.8. The minimum Gasteiger partial charge on any atom is -0.356 e. The molecule has 174 valence electrons. The van der Waals surface area contributed by atoms with Gasteiger partial charge in [0, 0.05) is 38.6 Å². The third-order valence-electron chi connectivity index (χ3n) is 6.71. The van der Waals surface area contributed by atoms with Gasteiger partial charge in [-0.1, -0.05) is 38.1 Å². The van der Waals surface area contributed by atoms with Gasteiger partial charge in [-0.25, -0.2) is 12.7 Å². The Kier molecular flexibility index (Phi) is 8.53. The van der Waals surface area contributed by atoms with E-state index in [1.54, 1.807) is 4.31 Å². The summed E-state index contributed by atoms with van der Waals surface area (Å²) in [6.07, 6.45) is 3.47. The van der Waals surface area contributed by atoms with Gasteiger partial charge in [-0.05, 0) is 62.1 Å². The molecule has 1 aromatic carbocycles. The lowest BCUT2D eigenvalue weighted by Gasteiger charge is -2.35. The van der Waals surface area contributed by atoms with Crippen LogP contribution in [0, 0.1) is 24.7 Å². The predicted octanol–water partition coefficient (Wildman–Crippen LogP) is 3.02. The molecule has 0 saturated carbocycles. The minimum atomic E-state index is -3.35. The number of nitrogens with zero attached hydrogens (tertiary/aromatic N) is 2. The molecule has 31 heavy (non-hydrogen) atoms. The van der Waals surface area contributed by atoms with Crippen molar-refractivity contribution in [2.45, 2.75) is 52.2 Å². The molecule has 0 radical (unpaired) electrons. The fourth-order valence-electron chi connectivity index (χ4n) is 5.09. The third-order valence-corrected chi connectivity index (χ3v) is 8.54. The number of benzene rings is 1. The fraction of sp³-hybridized carbons (Fsp3) is 0.708. The number of hydrogen-bond acceptors (Lipinski definition) is 4. The average Bonchev–Trinajstić information content (AvgIpc) is 2.72. The predicted molar refractivity (Wildman–Crippen MR) is 125 cm³/mol. The zero-order chi connectivity index (χ0) is 22.4. The Morgan fingerprint density at radius 2 is 1.74 bits per heavy atom. The van der Waals surface area contributed by atoms with Gasteiger partial charge in [0.05, 0.1) is 5.75 Å². The molecule has 2 aliphatic rings. The van der Waals surface area contributed by atoms with E-state index in [-0.39, 0.29) is 17.6 Å². The van der Waals surface area contributed by atoms with Gasteiger partial charge in [0.25, 0.3) is 0 Å². The lowest BCUT2D eigenvalue weighted by Crippen LogP contribution is -2.44. The minimum absolute atomic E-state index is 0.0320. The fourth-order valence-corrected chi connectivity index (χ4v) is 6.76. The van der Waals surface area contributed by atoms with Gasteiger partial charge in [-0.3, -0.25) is 4.79 Å². The summed E-state index contributed by atoms with van der Waals surface area (Å²) in [5.41, 5.74) is 1.84. The van der Waals surface area contributed by atoms with Crippen LogP contribution in [-0.2, 0) is 20.6 Å². The molecule has 2 heterocycles. The number of sulfonamides is 1. The number of likely N-dealkylation sites (tertiary alicyclic amines) is 1. The van der Waals surface area contributed by atoms with Gasteiger partial charge >= 0.3 is 0 Å². The summed E-state index contributed by atoms with van der Waals surface area (Å²) in [5, 5.41) is 3.08. The van der Waals surface area contributed by atoms with Crippen LogP contribution in [0.3, 0.4) is 0 Å². The Balaban J connectivity index is 1.38. The Labute approximate surface area is 188 Å². The number of aryl methyl sites for hydroxylation is 1. The lowest BCUT2D eigenvalue weighted by molar-refractivity contribution is -0.126. The Morgan fingerprint density at radius 3 is 2.39 bits per heavy atom. The molecule has 2 atom stereocenters. The van der Waals surface area contributed by atoms with Crippen LogP contribution in [0.5, 0.6) is 0 Å². The number of carbonyl (C=O) groups is 1. The van der Waals surface area contributed by atoms with E-state index in [1.165, 1.54) is 6.42 Å². The molecule has 0 spiro atoms. The molecular formula is C24H39N3O3S. The Morgan fingerprint density at radius 1 is 1.10 bits per heavy atom. The SMILES string of the molecule is Cc1ccccc1CS(=O)(=O)N1CCC(C(=O)NCCCN2C[C@H](C)C[C@@H](C)C2)CC1. The van der Waals surface area contributed by atoms with Crippen LogP contribution in [0.15, 0.2) is 24.3 Å². The van der Waals surface area contributed by atoms with Gasteiger partial charge in [0.1, 0.15) is 0 Å². The zero-order valence-corrected chi connectivity index (χ0v) is 20.2. The maximum Gasteiger partial charge on any atom is 0.223 e. The Bertz CT molecular complexity index is 824. The number of hydrogen-bond donors (Lipinski definition) is 1. The van der Waals surface area contributed by atoms with E-state index in [9.17, 15) is 13.2 Å². The van der Waals surface area contributed by atoms with Gasteiger partial charge in [-0.15, -0.1) is 0 Å². The first kappa shape index (κ1) is 24.2. The lowest BCUT2D eigenvalue weighted by atomic mass is 9.92.